The van der Waals surface area contributed by atoms with Crippen molar-refractivity contribution in [3.05, 3.63) is 0 Å². The Labute approximate surface area is 79.5 Å². The maximum Gasteiger partial charge on any atom is 0.236 e. The first-order chi connectivity index (χ1) is 6.11. The van der Waals surface area contributed by atoms with E-state index in [4.69, 9.17) is 5.26 Å². The molecule has 0 aliphatic carbocycles. The number of carbonyl (C=O) groups excluding carboxylic acids is 1. The van der Waals surface area contributed by atoms with Gasteiger partial charge in [-0.15, -0.1) is 0 Å². The largest absolute Gasteiger partial charge is 0.348 e. The first kappa shape index (κ1) is 11.9. The molecule has 0 fully saturated rings. The molecule has 0 rings (SSSR count). The number of hydrogen-bond acceptors (Lipinski definition) is 3. The highest BCUT2D eigenvalue weighted by Gasteiger charge is 2.08. The maximum absolute atomic E-state index is 11.1. The van der Waals surface area contributed by atoms with Gasteiger partial charge in [0.25, 0.3) is 0 Å². The average molecular weight is 183 g/mol. The summed E-state index contributed by atoms with van der Waals surface area (Å²) in [6.07, 6.45) is 1.32. The minimum absolute atomic E-state index is 0.0383. The van der Waals surface area contributed by atoms with Gasteiger partial charge in [0.1, 0.15) is 0 Å². The van der Waals surface area contributed by atoms with Crippen molar-refractivity contribution in [3.63, 3.8) is 0 Å². The Balaban J connectivity index is 3.73. The Morgan fingerprint density at radius 3 is 2.62 bits per heavy atom. The van der Waals surface area contributed by atoms with Gasteiger partial charge in [-0.25, -0.2) is 0 Å². The second-order valence-electron chi connectivity index (χ2n) is 3.14. The van der Waals surface area contributed by atoms with E-state index in [2.05, 4.69) is 11.4 Å². The predicted molar refractivity (Wildman–Crippen MR) is 51.0 cm³/mol. The molecule has 13 heavy (non-hydrogen) atoms. The molecule has 1 N–H and O–H groups in total. The van der Waals surface area contributed by atoms with Crippen LogP contribution in [0.5, 0.6) is 0 Å². The molecule has 0 aliphatic heterocycles. The van der Waals surface area contributed by atoms with Gasteiger partial charge in [0.05, 0.1) is 19.0 Å². The van der Waals surface area contributed by atoms with Gasteiger partial charge in [-0.2, -0.15) is 5.26 Å². The third-order valence-electron chi connectivity index (χ3n) is 1.87. The van der Waals surface area contributed by atoms with Crippen LogP contribution in [0.15, 0.2) is 0 Å². The number of amides is 1. The third kappa shape index (κ3) is 5.21. The number of nitrogens with zero attached hydrogens (tertiary/aromatic N) is 2. The van der Waals surface area contributed by atoms with E-state index in [1.54, 1.807) is 14.1 Å². The lowest BCUT2D eigenvalue weighted by Crippen LogP contribution is -2.38. The zero-order chi connectivity index (χ0) is 10.3. The molecule has 4 heteroatoms. The van der Waals surface area contributed by atoms with Gasteiger partial charge in [-0.3, -0.25) is 4.79 Å². The normalized spacial score (nSPS) is 11.8. The Kier molecular flexibility index (Phi) is 5.90. The fourth-order valence-electron chi connectivity index (χ4n) is 0.861. The molecular formula is C9H17N3O. The first-order valence-electron chi connectivity index (χ1n) is 4.42. The van der Waals surface area contributed by atoms with Crippen molar-refractivity contribution in [2.45, 2.75) is 25.8 Å². The lowest BCUT2D eigenvalue weighted by atomic mass is 10.2. The molecule has 0 radical (unpaired) electrons. The van der Waals surface area contributed by atoms with E-state index in [-0.39, 0.29) is 11.9 Å². The van der Waals surface area contributed by atoms with E-state index in [0.717, 1.165) is 6.42 Å². The van der Waals surface area contributed by atoms with Gasteiger partial charge in [-0.1, -0.05) is 6.92 Å². The summed E-state index contributed by atoms with van der Waals surface area (Å²) in [5.74, 6) is 0.0383. The van der Waals surface area contributed by atoms with E-state index in [0.29, 0.717) is 13.0 Å². The summed E-state index contributed by atoms with van der Waals surface area (Å²) in [5, 5.41) is 11.5. The summed E-state index contributed by atoms with van der Waals surface area (Å²) in [6.45, 7) is 2.31. The average Bonchev–Trinajstić information content (AvgIpc) is 2.11. The molecule has 1 atom stereocenters. The van der Waals surface area contributed by atoms with Crippen LogP contribution in [0.4, 0.5) is 0 Å². The molecule has 0 saturated carbocycles. The van der Waals surface area contributed by atoms with Gasteiger partial charge in [0.15, 0.2) is 0 Å². The zero-order valence-electron chi connectivity index (χ0n) is 8.50. The third-order valence-corrected chi connectivity index (χ3v) is 1.87. The van der Waals surface area contributed by atoms with E-state index >= 15 is 0 Å². The van der Waals surface area contributed by atoms with Crippen molar-refractivity contribution in [1.82, 2.24) is 10.2 Å². The van der Waals surface area contributed by atoms with Crippen LogP contribution in [0.2, 0.25) is 0 Å². The topological polar surface area (TPSA) is 56.1 Å². The van der Waals surface area contributed by atoms with Crippen LogP contribution in [0.3, 0.4) is 0 Å². The Morgan fingerprint density at radius 2 is 2.23 bits per heavy atom. The fraction of sp³-hybridized carbons (Fsp3) is 0.778. The predicted octanol–water partition coefficient (Wildman–Crippen LogP) is 0.356. The highest BCUT2D eigenvalue weighted by molar-refractivity contribution is 5.77. The summed E-state index contributed by atoms with van der Waals surface area (Å²) in [6, 6.07) is 2.22. The van der Waals surface area contributed by atoms with Crippen molar-refractivity contribution in [1.29, 1.82) is 5.26 Å². The number of likely N-dealkylation sites (N-methyl/N-ethyl adjacent to an activating group) is 1. The SMILES string of the molecule is CCC(CC#N)NCC(=O)N(C)C. The second kappa shape index (κ2) is 6.44. The molecule has 0 aromatic carbocycles. The van der Waals surface area contributed by atoms with Crippen LogP contribution in [-0.4, -0.2) is 37.5 Å². The van der Waals surface area contributed by atoms with Crippen molar-refractivity contribution < 1.29 is 4.79 Å². The van der Waals surface area contributed by atoms with Crippen molar-refractivity contribution >= 4 is 5.91 Å². The molecule has 1 unspecified atom stereocenters. The Morgan fingerprint density at radius 1 is 1.62 bits per heavy atom. The highest BCUT2D eigenvalue weighted by Crippen LogP contribution is 1.95. The van der Waals surface area contributed by atoms with Crippen LogP contribution in [0.25, 0.3) is 0 Å². The fourth-order valence-corrected chi connectivity index (χ4v) is 0.861. The van der Waals surface area contributed by atoms with E-state index in [1.807, 2.05) is 6.92 Å². The van der Waals surface area contributed by atoms with Crippen molar-refractivity contribution in [3.8, 4) is 6.07 Å². The first-order valence-corrected chi connectivity index (χ1v) is 4.42. The molecule has 0 saturated heterocycles. The number of nitrogens with one attached hydrogen (secondary N) is 1. The molecule has 74 valence electrons. The molecular weight excluding hydrogens is 166 g/mol. The zero-order valence-corrected chi connectivity index (χ0v) is 8.50. The van der Waals surface area contributed by atoms with Gasteiger partial charge < -0.3 is 10.2 Å². The van der Waals surface area contributed by atoms with Crippen LogP contribution >= 0.6 is 0 Å². The molecule has 0 bridgehead atoms. The van der Waals surface area contributed by atoms with E-state index in [9.17, 15) is 4.79 Å². The van der Waals surface area contributed by atoms with Crippen LogP contribution < -0.4 is 5.32 Å². The van der Waals surface area contributed by atoms with Crippen LogP contribution in [-0.2, 0) is 4.79 Å². The second-order valence-corrected chi connectivity index (χ2v) is 3.14. The van der Waals surface area contributed by atoms with Gasteiger partial charge in [-0.05, 0) is 6.42 Å². The lowest BCUT2D eigenvalue weighted by molar-refractivity contribution is -0.127. The minimum Gasteiger partial charge on any atom is -0.348 e. The minimum atomic E-state index is 0.0383. The monoisotopic (exact) mass is 183 g/mol. The Bertz CT molecular complexity index is 196. The van der Waals surface area contributed by atoms with Gasteiger partial charge >= 0.3 is 0 Å². The highest BCUT2D eigenvalue weighted by atomic mass is 16.2. The maximum atomic E-state index is 11.1. The summed E-state index contributed by atoms with van der Waals surface area (Å²) in [5.41, 5.74) is 0. The number of hydrogen-bond donors (Lipinski definition) is 1. The van der Waals surface area contributed by atoms with Crippen LogP contribution in [0.1, 0.15) is 19.8 Å². The number of nitriles is 1. The van der Waals surface area contributed by atoms with E-state index in [1.165, 1.54) is 4.90 Å². The lowest BCUT2D eigenvalue weighted by Gasteiger charge is -2.15. The molecule has 0 aliphatic rings. The van der Waals surface area contributed by atoms with Gasteiger partial charge in [0.2, 0.25) is 5.91 Å². The summed E-state index contributed by atoms with van der Waals surface area (Å²) in [4.78, 5) is 12.7. The smallest absolute Gasteiger partial charge is 0.236 e. The molecule has 1 amide bonds. The quantitative estimate of drug-likeness (QED) is 0.669. The van der Waals surface area contributed by atoms with Gasteiger partial charge in [0, 0.05) is 20.1 Å². The Hall–Kier alpha value is -1.08. The van der Waals surface area contributed by atoms with Crippen molar-refractivity contribution in [2.24, 2.45) is 0 Å². The standard InChI is InChI=1S/C9H17N3O/c1-4-8(5-6-10)11-7-9(13)12(2)3/h8,11H,4-5,7H2,1-3H3. The summed E-state index contributed by atoms with van der Waals surface area (Å²) >= 11 is 0. The van der Waals surface area contributed by atoms with Crippen molar-refractivity contribution in [2.75, 3.05) is 20.6 Å². The molecule has 0 aromatic heterocycles. The molecule has 4 nitrogen and oxygen atoms in total. The molecule has 0 spiro atoms. The summed E-state index contributed by atoms with van der Waals surface area (Å²) < 4.78 is 0. The number of carbonyl (C=O) groups is 1. The number of rotatable bonds is 5. The van der Waals surface area contributed by atoms with E-state index < -0.39 is 0 Å². The molecule has 0 heterocycles. The molecule has 0 aromatic rings. The summed E-state index contributed by atoms with van der Waals surface area (Å²) in [7, 11) is 3.44. The van der Waals surface area contributed by atoms with Crippen LogP contribution in [0, 0.1) is 11.3 Å².